The number of hydrogen-bond acceptors (Lipinski definition) is 5. The van der Waals surface area contributed by atoms with Crippen LogP contribution in [-0.4, -0.2) is 86.2 Å². The average molecular weight is 333 g/mol. The smallest absolute Gasteiger partial charge is 0.370 e. The van der Waals surface area contributed by atoms with Gasteiger partial charge < -0.3 is 23.4 Å². The van der Waals surface area contributed by atoms with E-state index in [0.717, 1.165) is 32.0 Å². The molecule has 0 aromatic carbocycles. The van der Waals surface area contributed by atoms with Gasteiger partial charge >= 0.3 is 8.56 Å². The van der Waals surface area contributed by atoms with Crippen LogP contribution in [0.3, 0.4) is 0 Å². The van der Waals surface area contributed by atoms with Gasteiger partial charge in [-0.15, -0.1) is 0 Å². The molecule has 0 bridgehead atoms. The number of ether oxygens (including phenoxy) is 1. The maximum Gasteiger partial charge on any atom is 0.370 e. The Morgan fingerprint density at radius 3 is 1.91 bits per heavy atom. The average Bonchev–Trinajstić information content (AvgIpc) is 2.46. The Hall–Kier alpha value is 0.0169. The monoisotopic (exact) mass is 332 g/mol. The molecule has 0 radical (unpaired) electrons. The van der Waals surface area contributed by atoms with Crippen molar-refractivity contribution in [3.8, 4) is 0 Å². The van der Waals surface area contributed by atoms with E-state index in [2.05, 4.69) is 38.0 Å². The lowest BCUT2D eigenvalue weighted by Crippen LogP contribution is -2.65. The van der Waals surface area contributed by atoms with Gasteiger partial charge in [-0.2, -0.15) is 0 Å². The van der Waals surface area contributed by atoms with Gasteiger partial charge in [0.05, 0.1) is 0 Å². The lowest BCUT2D eigenvalue weighted by atomic mass is 9.96. The Morgan fingerprint density at radius 2 is 1.50 bits per heavy atom. The number of nitrogens with zero attached hydrogens (tertiary/aromatic N) is 2. The highest BCUT2D eigenvalue weighted by Gasteiger charge is 2.59. The first-order valence-electron chi connectivity index (χ1n) is 8.29. The molecule has 6 heteroatoms. The summed E-state index contributed by atoms with van der Waals surface area (Å²) in [5.74, 6) is 0.542. The molecule has 0 N–H and O–H groups in total. The lowest BCUT2D eigenvalue weighted by Gasteiger charge is -2.49. The van der Waals surface area contributed by atoms with E-state index in [1.54, 1.807) is 0 Å². The summed E-state index contributed by atoms with van der Waals surface area (Å²) in [7, 11) is 11.7. The second-order valence-corrected chi connectivity index (χ2v) is 10.9. The molecule has 0 aromatic heterocycles. The third-order valence-electron chi connectivity index (χ3n) is 4.95. The fourth-order valence-corrected chi connectivity index (χ4v) is 8.09. The van der Waals surface area contributed by atoms with Crippen molar-refractivity contribution >= 4 is 8.56 Å². The third kappa shape index (κ3) is 4.52. The molecular formula is C16H36N2O3Si. The van der Waals surface area contributed by atoms with E-state index in [-0.39, 0.29) is 5.22 Å². The maximum atomic E-state index is 6.14. The standard InChI is InChI=1S/C16H36N2O3Si/c1-17(2)13-15(14-18(3)4)12-16(19-5)10-8-9-11-22(16,20-6)21-7/h15H,8-14H2,1-7H3. The molecule has 1 aliphatic heterocycles. The van der Waals surface area contributed by atoms with Gasteiger partial charge in [-0.3, -0.25) is 0 Å². The van der Waals surface area contributed by atoms with Crippen LogP contribution in [-0.2, 0) is 13.6 Å². The zero-order valence-corrected chi connectivity index (χ0v) is 16.6. The first-order chi connectivity index (χ1) is 10.3. The molecule has 5 nitrogen and oxygen atoms in total. The normalized spacial score (nSPS) is 25.4. The predicted molar refractivity (Wildman–Crippen MR) is 93.4 cm³/mol. The molecule has 1 heterocycles. The molecular weight excluding hydrogens is 296 g/mol. The van der Waals surface area contributed by atoms with E-state index in [1.165, 1.54) is 12.8 Å². The van der Waals surface area contributed by atoms with Gasteiger partial charge in [0.15, 0.2) is 0 Å². The Morgan fingerprint density at radius 1 is 0.955 bits per heavy atom. The molecule has 0 spiro atoms. The van der Waals surface area contributed by atoms with E-state index in [4.69, 9.17) is 13.6 Å². The number of methoxy groups -OCH3 is 1. The van der Waals surface area contributed by atoms with Crippen LogP contribution in [0.2, 0.25) is 6.04 Å². The molecule has 1 aliphatic rings. The predicted octanol–water partition coefficient (Wildman–Crippen LogP) is 1.96. The van der Waals surface area contributed by atoms with Crippen LogP contribution in [0, 0.1) is 5.92 Å². The topological polar surface area (TPSA) is 34.2 Å². The van der Waals surface area contributed by atoms with Crippen LogP contribution in [0.15, 0.2) is 0 Å². The highest BCUT2D eigenvalue weighted by Crippen LogP contribution is 2.43. The van der Waals surface area contributed by atoms with Crippen molar-refractivity contribution in [3.63, 3.8) is 0 Å². The minimum Gasteiger partial charge on any atom is -0.396 e. The summed E-state index contributed by atoms with van der Waals surface area (Å²) in [5, 5.41) is -0.231. The van der Waals surface area contributed by atoms with Crippen molar-refractivity contribution in [1.29, 1.82) is 0 Å². The first kappa shape index (κ1) is 20.1. The highest BCUT2D eigenvalue weighted by molar-refractivity contribution is 6.70. The fourth-order valence-electron chi connectivity index (χ4n) is 4.13. The summed E-state index contributed by atoms with van der Waals surface area (Å²) in [4.78, 5) is 4.53. The number of hydrogen-bond donors (Lipinski definition) is 0. The van der Waals surface area contributed by atoms with Crippen molar-refractivity contribution in [2.75, 3.05) is 62.6 Å². The minimum atomic E-state index is -2.33. The van der Waals surface area contributed by atoms with Gasteiger partial charge in [0.25, 0.3) is 0 Å². The van der Waals surface area contributed by atoms with Crippen molar-refractivity contribution < 1.29 is 13.6 Å². The van der Waals surface area contributed by atoms with Gasteiger partial charge in [0, 0.05) is 34.4 Å². The lowest BCUT2D eigenvalue weighted by molar-refractivity contribution is -0.0288. The Bertz CT molecular complexity index is 315. The van der Waals surface area contributed by atoms with E-state index >= 15 is 0 Å². The van der Waals surface area contributed by atoms with E-state index < -0.39 is 8.56 Å². The molecule has 0 saturated carbocycles. The molecule has 1 saturated heterocycles. The molecule has 0 amide bonds. The first-order valence-corrected chi connectivity index (χ1v) is 10.3. The molecule has 1 fully saturated rings. The number of rotatable bonds is 9. The van der Waals surface area contributed by atoms with Crippen LogP contribution >= 0.6 is 0 Å². The van der Waals surface area contributed by atoms with Crippen molar-refractivity contribution in [2.24, 2.45) is 5.92 Å². The maximum absolute atomic E-state index is 6.14. The Labute approximate surface area is 138 Å². The fraction of sp³-hybridized carbons (Fsp3) is 1.00. The molecule has 1 unspecified atom stereocenters. The summed E-state index contributed by atoms with van der Waals surface area (Å²) in [6.45, 7) is 2.11. The van der Waals surface area contributed by atoms with Gasteiger partial charge in [-0.05, 0) is 53.0 Å². The highest BCUT2D eigenvalue weighted by atomic mass is 28.4. The van der Waals surface area contributed by atoms with Crippen LogP contribution in [0.1, 0.15) is 25.7 Å². The van der Waals surface area contributed by atoms with E-state index in [1.807, 2.05) is 21.3 Å². The summed E-state index contributed by atoms with van der Waals surface area (Å²) in [6, 6.07) is 1.03. The molecule has 22 heavy (non-hydrogen) atoms. The molecule has 1 atom stereocenters. The van der Waals surface area contributed by atoms with E-state index in [9.17, 15) is 0 Å². The van der Waals surface area contributed by atoms with Crippen LogP contribution in [0.25, 0.3) is 0 Å². The summed E-state index contributed by atoms with van der Waals surface area (Å²) in [6.07, 6.45) is 4.44. The second kappa shape index (κ2) is 8.75. The molecule has 0 aromatic rings. The van der Waals surface area contributed by atoms with Crippen molar-refractivity contribution in [1.82, 2.24) is 9.80 Å². The Kier molecular flexibility index (Phi) is 7.98. The zero-order chi connectivity index (χ0) is 16.8. The van der Waals surface area contributed by atoms with Crippen molar-refractivity contribution in [3.05, 3.63) is 0 Å². The quantitative estimate of drug-likeness (QED) is 0.603. The molecule has 0 aliphatic carbocycles. The third-order valence-corrected chi connectivity index (χ3v) is 9.32. The van der Waals surface area contributed by atoms with Crippen molar-refractivity contribution in [2.45, 2.75) is 37.0 Å². The van der Waals surface area contributed by atoms with Crippen LogP contribution in [0.4, 0.5) is 0 Å². The van der Waals surface area contributed by atoms with Gasteiger partial charge in [-0.1, -0.05) is 12.8 Å². The van der Waals surface area contributed by atoms with Gasteiger partial charge in [0.1, 0.15) is 5.22 Å². The summed E-state index contributed by atoms with van der Waals surface area (Å²) in [5.41, 5.74) is 0. The largest absolute Gasteiger partial charge is 0.396 e. The van der Waals surface area contributed by atoms with Gasteiger partial charge in [-0.25, -0.2) is 0 Å². The Balaban J connectivity index is 3.01. The van der Waals surface area contributed by atoms with Gasteiger partial charge in [0.2, 0.25) is 0 Å². The zero-order valence-electron chi connectivity index (χ0n) is 15.6. The molecule has 132 valence electrons. The SMILES string of the molecule is COC1(CC(CN(C)C)CN(C)C)CCCC[Si]1(OC)OC. The summed E-state index contributed by atoms with van der Waals surface area (Å²) >= 11 is 0. The minimum absolute atomic E-state index is 0.231. The summed E-state index contributed by atoms with van der Waals surface area (Å²) < 4.78 is 18.2. The van der Waals surface area contributed by atoms with E-state index in [0.29, 0.717) is 5.92 Å². The van der Waals surface area contributed by atoms with Crippen LogP contribution < -0.4 is 0 Å². The second-order valence-electron chi connectivity index (χ2n) is 7.16. The molecule has 1 rings (SSSR count). The van der Waals surface area contributed by atoms with Crippen LogP contribution in [0.5, 0.6) is 0 Å².